The standard InChI is InChI=1S/C9H19O6P/c1-4-9(5-2,16(11,12)13)15-7-6-14-8(3)10/h4-7H2,1-3H3,(H2,11,12,13). The zero-order valence-corrected chi connectivity index (χ0v) is 10.7. The fraction of sp³-hybridized carbons (Fsp3) is 0.889. The molecule has 0 atom stereocenters. The van der Waals surface area contributed by atoms with Gasteiger partial charge in [0.15, 0.2) is 5.34 Å². The molecule has 2 N–H and O–H groups in total. The second-order valence-electron chi connectivity index (χ2n) is 3.39. The van der Waals surface area contributed by atoms with Crippen LogP contribution in [-0.2, 0) is 18.8 Å². The summed E-state index contributed by atoms with van der Waals surface area (Å²) in [5.41, 5.74) is 0. The van der Waals surface area contributed by atoms with E-state index >= 15 is 0 Å². The third kappa shape index (κ3) is 4.22. The maximum absolute atomic E-state index is 11.3. The monoisotopic (exact) mass is 254 g/mol. The van der Waals surface area contributed by atoms with E-state index in [1.165, 1.54) is 6.92 Å². The highest BCUT2D eigenvalue weighted by atomic mass is 31.2. The molecule has 96 valence electrons. The van der Waals surface area contributed by atoms with E-state index in [4.69, 9.17) is 4.74 Å². The molecular formula is C9H19O6P. The van der Waals surface area contributed by atoms with Crippen molar-refractivity contribution in [1.29, 1.82) is 0 Å². The van der Waals surface area contributed by atoms with Crippen LogP contribution in [0, 0.1) is 0 Å². The summed E-state index contributed by atoms with van der Waals surface area (Å²) < 4.78 is 21.1. The van der Waals surface area contributed by atoms with E-state index < -0.39 is 18.9 Å². The Balaban J connectivity index is 4.35. The van der Waals surface area contributed by atoms with E-state index in [0.29, 0.717) is 0 Å². The Hall–Kier alpha value is -0.420. The van der Waals surface area contributed by atoms with Crippen LogP contribution in [0.4, 0.5) is 0 Å². The zero-order chi connectivity index (χ0) is 12.8. The molecule has 0 aliphatic carbocycles. The topological polar surface area (TPSA) is 93.1 Å². The summed E-state index contributed by atoms with van der Waals surface area (Å²) in [5.74, 6) is -0.446. The number of hydrogen-bond donors (Lipinski definition) is 2. The first kappa shape index (κ1) is 15.6. The van der Waals surface area contributed by atoms with Crippen LogP contribution in [0.15, 0.2) is 0 Å². The third-order valence-corrected chi connectivity index (χ3v) is 4.22. The molecule has 16 heavy (non-hydrogen) atoms. The lowest BCUT2D eigenvalue weighted by molar-refractivity contribution is -0.143. The molecular weight excluding hydrogens is 235 g/mol. The molecule has 0 aromatic carbocycles. The highest BCUT2D eigenvalue weighted by molar-refractivity contribution is 7.53. The van der Waals surface area contributed by atoms with E-state index in [1.807, 2.05) is 0 Å². The van der Waals surface area contributed by atoms with E-state index in [-0.39, 0.29) is 26.1 Å². The van der Waals surface area contributed by atoms with Crippen LogP contribution in [0.1, 0.15) is 33.6 Å². The van der Waals surface area contributed by atoms with Crippen molar-refractivity contribution in [2.45, 2.75) is 39.0 Å². The van der Waals surface area contributed by atoms with Crippen molar-refractivity contribution in [3.05, 3.63) is 0 Å². The van der Waals surface area contributed by atoms with Gasteiger partial charge in [0.25, 0.3) is 0 Å². The molecule has 0 aliphatic rings. The van der Waals surface area contributed by atoms with Crippen LogP contribution < -0.4 is 0 Å². The van der Waals surface area contributed by atoms with Gasteiger partial charge in [0.1, 0.15) is 6.61 Å². The highest BCUT2D eigenvalue weighted by Gasteiger charge is 2.44. The van der Waals surface area contributed by atoms with Gasteiger partial charge in [0, 0.05) is 6.92 Å². The van der Waals surface area contributed by atoms with E-state index in [2.05, 4.69) is 4.74 Å². The summed E-state index contributed by atoms with van der Waals surface area (Å²) >= 11 is 0. The molecule has 6 nitrogen and oxygen atoms in total. The predicted octanol–water partition coefficient (Wildman–Crippen LogP) is 1.26. The Morgan fingerprint density at radius 3 is 2.06 bits per heavy atom. The first-order chi connectivity index (χ1) is 7.29. The van der Waals surface area contributed by atoms with Gasteiger partial charge in [-0.05, 0) is 12.8 Å². The Labute approximate surface area is 95.1 Å². The Bertz CT molecular complexity index is 267. The second-order valence-corrected chi connectivity index (χ2v) is 5.29. The number of carbonyl (C=O) groups excluding carboxylic acids is 1. The first-order valence-corrected chi connectivity index (χ1v) is 6.73. The van der Waals surface area contributed by atoms with Crippen LogP contribution in [-0.4, -0.2) is 34.3 Å². The molecule has 0 bridgehead atoms. The predicted molar refractivity (Wildman–Crippen MR) is 57.9 cm³/mol. The Morgan fingerprint density at radius 1 is 1.25 bits per heavy atom. The van der Waals surface area contributed by atoms with Gasteiger partial charge in [0.05, 0.1) is 6.61 Å². The van der Waals surface area contributed by atoms with Crippen molar-refractivity contribution in [2.75, 3.05) is 13.2 Å². The minimum atomic E-state index is -4.33. The van der Waals surface area contributed by atoms with Crippen LogP contribution in [0.5, 0.6) is 0 Å². The number of esters is 1. The van der Waals surface area contributed by atoms with E-state index in [9.17, 15) is 19.1 Å². The number of hydrogen-bond acceptors (Lipinski definition) is 4. The van der Waals surface area contributed by atoms with Gasteiger partial charge >= 0.3 is 13.6 Å². The molecule has 0 unspecified atom stereocenters. The van der Waals surface area contributed by atoms with Gasteiger partial charge < -0.3 is 19.3 Å². The van der Waals surface area contributed by atoms with Crippen molar-refractivity contribution in [3.63, 3.8) is 0 Å². The molecule has 0 fully saturated rings. The first-order valence-electron chi connectivity index (χ1n) is 5.12. The summed E-state index contributed by atoms with van der Waals surface area (Å²) in [4.78, 5) is 28.9. The van der Waals surface area contributed by atoms with Crippen molar-refractivity contribution in [2.24, 2.45) is 0 Å². The van der Waals surface area contributed by atoms with Crippen LogP contribution >= 0.6 is 7.60 Å². The fourth-order valence-electron chi connectivity index (χ4n) is 1.37. The zero-order valence-electron chi connectivity index (χ0n) is 9.80. The molecule has 0 saturated heterocycles. The summed E-state index contributed by atoms with van der Waals surface area (Å²) in [7, 11) is -4.33. The minimum absolute atomic E-state index is 0.00289. The van der Waals surface area contributed by atoms with Gasteiger partial charge in [-0.15, -0.1) is 0 Å². The third-order valence-electron chi connectivity index (χ3n) is 2.40. The fourth-order valence-corrected chi connectivity index (χ4v) is 2.45. The maximum Gasteiger partial charge on any atom is 0.357 e. The smallest absolute Gasteiger partial charge is 0.357 e. The molecule has 0 radical (unpaired) electrons. The highest BCUT2D eigenvalue weighted by Crippen LogP contribution is 2.55. The summed E-state index contributed by atoms with van der Waals surface area (Å²) in [6.07, 6.45) is 0.404. The molecule has 0 spiro atoms. The number of carbonyl (C=O) groups is 1. The lowest BCUT2D eigenvalue weighted by atomic mass is 10.2. The minimum Gasteiger partial charge on any atom is -0.463 e. The van der Waals surface area contributed by atoms with E-state index in [1.54, 1.807) is 13.8 Å². The van der Waals surface area contributed by atoms with Crippen molar-refractivity contribution in [1.82, 2.24) is 0 Å². The van der Waals surface area contributed by atoms with Gasteiger partial charge in [0.2, 0.25) is 0 Å². The molecule has 0 aliphatic heterocycles. The van der Waals surface area contributed by atoms with Crippen molar-refractivity contribution >= 4 is 13.6 Å². The normalized spacial score (nSPS) is 12.6. The Kier molecular flexibility index (Phi) is 6.18. The van der Waals surface area contributed by atoms with Gasteiger partial charge in [-0.2, -0.15) is 0 Å². The van der Waals surface area contributed by atoms with Crippen LogP contribution in [0.25, 0.3) is 0 Å². The summed E-state index contributed by atoms with van der Waals surface area (Å²) in [6.45, 7) is 4.53. The molecule has 0 amide bonds. The number of rotatable bonds is 7. The largest absolute Gasteiger partial charge is 0.463 e. The second kappa shape index (κ2) is 6.35. The molecule has 0 rings (SSSR count). The lowest BCUT2D eigenvalue weighted by Crippen LogP contribution is -2.32. The molecule has 7 heteroatoms. The van der Waals surface area contributed by atoms with Crippen LogP contribution in [0.2, 0.25) is 0 Å². The van der Waals surface area contributed by atoms with Crippen LogP contribution in [0.3, 0.4) is 0 Å². The molecule has 0 saturated carbocycles. The lowest BCUT2D eigenvalue weighted by Gasteiger charge is -2.32. The maximum atomic E-state index is 11.3. The quantitative estimate of drug-likeness (QED) is 0.403. The van der Waals surface area contributed by atoms with Crippen molar-refractivity contribution in [3.8, 4) is 0 Å². The van der Waals surface area contributed by atoms with E-state index in [0.717, 1.165) is 0 Å². The average Bonchev–Trinajstić information content (AvgIpc) is 2.16. The average molecular weight is 254 g/mol. The summed E-state index contributed by atoms with van der Waals surface area (Å²) in [5, 5.41) is -1.47. The summed E-state index contributed by atoms with van der Waals surface area (Å²) in [6, 6.07) is 0. The Morgan fingerprint density at radius 2 is 1.75 bits per heavy atom. The molecule has 0 heterocycles. The van der Waals surface area contributed by atoms with Gasteiger partial charge in [-0.1, -0.05) is 13.8 Å². The van der Waals surface area contributed by atoms with Gasteiger partial charge in [-0.25, -0.2) is 0 Å². The van der Waals surface area contributed by atoms with Gasteiger partial charge in [-0.3, -0.25) is 9.36 Å². The SMILES string of the molecule is CCC(CC)(OCCOC(C)=O)P(=O)(O)O. The molecule has 0 aromatic heterocycles. The molecule has 0 aromatic rings. The number of ether oxygens (including phenoxy) is 2. The van der Waals surface area contributed by atoms with Crippen molar-refractivity contribution < 1.29 is 28.6 Å².